The van der Waals surface area contributed by atoms with E-state index in [9.17, 15) is 0 Å². The molecule has 6 nitrogen and oxygen atoms in total. The van der Waals surface area contributed by atoms with Crippen molar-refractivity contribution in [2.24, 2.45) is 0 Å². The SMILES string of the molecule is c1cnc2c(c1)Oc1cc3c(oc4ccccc43)c3c1N2c1ncccc1O3. The summed E-state index contributed by atoms with van der Waals surface area (Å²) in [6, 6.07) is 17.4. The normalized spacial score (nSPS) is 13.5. The quantitative estimate of drug-likeness (QED) is 0.326. The van der Waals surface area contributed by atoms with Crippen LogP contribution in [0.4, 0.5) is 17.3 Å². The molecule has 0 unspecified atom stereocenters. The van der Waals surface area contributed by atoms with Gasteiger partial charge in [0.15, 0.2) is 40.2 Å². The number of hydrogen-bond donors (Lipinski definition) is 0. The average molecular weight is 365 g/mol. The lowest BCUT2D eigenvalue weighted by molar-refractivity contribution is 0.440. The van der Waals surface area contributed by atoms with E-state index >= 15 is 0 Å². The largest absolute Gasteiger partial charge is 0.452 e. The third-order valence-electron chi connectivity index (χ3n) is 5.14. The van der Waals surface area contributed by atoms with Gasteiger partial charge in [-0.25, -0.2) is 9.97 Å². The number of para-hydroxylation sites is 1. The van der Waals surface area contributed by atoms with Gasteiger partial charge in [0.2, 0.25) is 0 Å². The Labute approximate surface area is 158 Å². The third-order valence-corrected chi connectivity index (χ3v) is 5.14. The molecule has 0 N–H and O–H groups in total. The summed E-state index contributed by atoms with van der Waals surface area (Å²) in [4.78, 5) is 11.1. The van der Waals surface area contributed by atoms with Crippen LogP contribution in [0.3, 0.4) is 0 Å². The van der Waals surface area contributed by atoms with E-state index in [1.807, 2.05) is 59.5 Å². The number of anilines is 3. The first-order valence-corrected chi connectivity index (χ1v) is 8.92. The minimum Gasteiger partial charge on any atom is -0.452 e. The highest BCUT2D eigenvalue weighted by Gasteiger charge is 2.38. The van der Waals surface area contributed by atoms with Gasteiger partial charge in [-0.05, 0) is 36.4 Å². The van der Waals surface area contributed by atoms with Crippen LogP contribution >= 0.6 is 0 Å². The predicted octanol–water partition coefficient (Wildman–Crippen LogP) is 6.06. The number of rotatable bonds is 0. The van der Waals surface area contributed by atoms with Crippen LogP contribution in [0.15, 0.2) is 71.4 Å². The minimum absolute atomic E-state index is 0.612. The Kier molecular flexibility index (Phi) is 2.41. The highest BCUT2D eigenvalue weighted by molar-refractivity contribution is 6.11. The van der Waals surface area contributed by atoms with E-state index in [1.165, 1.54) is 0 Å². The molecule has 5 heterocycles. The fourth-order valence-electron chi connectivity index (χ4n) is 3.98. The Morgan fingerprint density at radius 1 is 0.714 bits per heavy atom. The van der Waals surface area contributed by atoms with Crippen LogP contribution < -0.4 is 14.4 Å². The second kappa shape index (κ2) is 4.80. The highest BCUT2D eigenvalue weighted by Crippen LogP contribution is 2.60. The van der Waals surface area contributed by atoms with Crippen LogP contribution in [-0.4, -0.2) is 9.97 Å². The molecular formula is C22H11N3O3. The van der Waals surface area contributed by atoms with Gasteiger partial charge in [0, 0.05) is 23.2 Å². The van der Waals surface area contributed by atoms with Gasteiger partial charge in [-0.15, -0.1) is 0 Å². The van der Waals surface area contributed by atoms with Crippen LogP contribution in [0.2, 0.25) is 0 Å². The summed E-state index contributed by atoms with van der Waals surface area (Å²) in [6.07, 6.45) is 3.48. The Bertz CT molecular complexity index is 1430. The monoisotopic (exact) mass is 365 g/mol. The van der Waals surface area contributed by atoms with Gasteiger partial charge in [-0.1, -0.05) is 18.2 Å². The lowest BCUT2D eigenvalue weighted by atomic mass is 10.1. The van der Waals surface area contributed by atoms with Crippen molar-refractivity contribution in [1.29, 1.82) is 0 Å². The van der Waals surface area contributed by atoms with Gasteiger partial charge in [-0.3, -0.25) is 4.90 Å². The van der Waals surface area contributed by atoms with E-state index in [4.69, 9.17) is 13.9 Å². The topological polar surface area (TPSA) is 60.6 Å². The number of ether oxygens (including phenoxy) is 2. The molecule has 5 aromatic rings. The van der Waals surface area contributed by atoms with E-state index in [0.717, 1.165) is 22.0 Å². The first-order valence-electron chi connectivity index (χ1n) is 8.92. The van der Waals surface area contributed by atoms with Crippen molar-refractivity contribution >= 4 is 39.3 Å². The molecule has 0 radical (unpaired) electrons. The zero-order valence-electron chi connectivity index (χ0n) is 14.4. The summed E-state index contributed by atoms with van der Waals surface area (Å²) < 4.78 is 18.7. The zero-order chi connectivity index (χ0) is 18.2. The van der Waals surface area contributed by atoms with Crippen LogP contribution in [0.25, 0.3) is 21.9 Å². The molecule has 7 rings (SSSR count). The Balaban J connectivity index is 1.65. The molecule has 0 saturated carbocycles. The lowest BCUT2D eigenvalue weighted by Gasteiger charge is -2.35. The molecule has 132 valence electrons. The summed E-state index contributed by atoms with van der Waals surface area (Å²) in [7, 11) is 0. The van der Waals surface area contributed by atoms with Crippen LogP contribution in [-0.2, 0) is 0 Å². The van der Waals surface area contributed by atoms with Gasteiger partial charge in [0.05, 0.1) is 0 Å². The Morgan fingerprint density at radius 3 is 2.29 bits per heavy atom. The molecule has 0 amide bonds. The molecule has 2 aliphatic heterocycles. The Hall–Kier alpha value is -4.06. The molecular weight excluding hydrogens is 354 g/mol. The van der Waals surface area contributed by atoms with Crippen LogP contribution in [0.5, 0.6) is 23.0 Å². The van der Waals surface area contributed by atoms with Crippen molar-refractivity contribution in [1.82, 2.24) is 9.97 Å². The third kappa shape index (κ3) is 1.63. The number of fused-ring (bicyclic) bond motifs is 8. The van der Waals surface area contributed by atoms with Crippen molar-refractivity contribution < 1.29 is 13.9 Å². The molecule has 0 spiro atoms. The average Bonchev–Trinajstić information content (AvgIpc) is 3.12. The molecule has 6 heteroatoms. The number of furan rings is 1. The first-order chi connectivity index (χ1) is 13.9. The number of hydrogen-bond acceptors (Lipinski definition) is 6. The summed E-state index contributed by atoms with van der Waals surface area (Å²) in [6.45, 7) is 0. The second-order valence-electron chi connectivity index (χ2n) is 6.72. The van der Waals surface area contributed by atoms with Crippen molar-refractivity contribution in [2.45, 2.75) is 0 Å². The summed E-state index contributed by atoms with van der Waals surface area (Å²) in [5, 5.41) is 1.97. The molecule has 0 fully saturated rings. The highest BCUT2D eigenvalue weighted by atomic mass is 16.5. The van der Waals surface area contributed by atoms with Gasteiger partial charge >= 0.3 is 0 Å². The smallest absolute Gasteiger partial charge is 0.198 e. The zero-order valence-corrected chi connectivity index (χ0v) is 14.4. The van der Waals surface area contributed by atoms with E-state index in [1.54, 1.807) is 12.4 Å². The molecule has 2 aromatic carbocycles. The number of aromatic nitrogens is 2. The van der Waals surface area contributed by atoms with Crippen molar-refractivity contribution in [3.05, 3.63) is 67.0 Å². The fourth-order valence-corrected chi connectivity index (χ4v) is 3.98. The predicted molar refractivity (Wildman–Crippen MR) is 104 cm³/mol. The van der Waals surface area contributed by atoms with Crippen LogP contribution in [0, 0.1) is 0 Å². The standard InChI is InChI=1S/C22H11N3O3/c1-2-6-14-12(5-1)13-11-17-18-20(19(13)27-14)28-16-8-4-10-24-22(16)25(18)21-15(26-17)7-3-9-23-21/h1-11H. The number of nitrogens with zero attached hydrogens (tertiary/aromatic N) is 3. The van der Waals surface area contributed by atoms with Gasteiger partial charge < -0.3 is 13.9 Å². The molecule has 2 aliphatic rings. The number of benzene rings is 2. The Morgan fingerprint density at radius 2 is 1.46 bits per heavy atom. The molecule has 28 heavy (non-hydrogen) atoms. The van der Waals surface area contributed by atoms with Crippen molar-refractivity contribution in [2.75, 3.05) is 4.90 Å². The molecule has 0 atom stereocenters. The summed E-state index contributed by atoms with van der Waals surface area (Å²) in [5.41, 5.74) is 2.24. The molecule has 0 saturated heterocycles. The van der Waals surface area contributed by atoms with Crippen molar-refractivity contribution in [3.8, 4) is 23.0 Å². The van der Waals surface area contributed by atoms with E-state index in [0.29, 0.717) is 40.2 Å². The summed E-state index contributed by atoms with van der Waals surface area (Å²) in [5.74, 6) is 3.97. The van der Waals surface area contributed by atoms with E-state index in [-0.39, 0.29) is 0 Å². The fraction of sp³-hybridized carbons (Fsp3) is 0. The maximum absolute atomic E-state index is 6.28. The maximum atomic E-state index is 6.28. The van der Waals surface area contributed by atoms with Crippen LogP contribution in [0.1, 0.15) is 0 Å². The molecule has 0 aliphatic carbocycles. The lowest BCUT2D eigenvalue weighted by Crippen LogP contribution is -2.22. The first kappa shape index (κ1) is 14.1. The van der Waals surface area contributed by atoms with Gasteiger partial charge in [0.1, 0.15) is 11.3 Å². The maximum Gasteiger partial charge on any atom is 0.198 e. The number of pyridine rings is 2. The van der Waals surface area contributed by atoms with Gasteiger partial charge in [-0.2, -0.15) is 0 Å². The van der Waals surface area contributed by atoms with E-state index in [2.05, 4.69) is 9.97 Å². The minimum atomic E-state index is 0.612. The van der Waals surface area contributed by atoms with E-state index < -0.39 is 0 Å². The molecule has 3 aromatic heterocycles. The van der Waals surface area contributed by atoms with Gasteiger partial charge in [0.25, 0.3) is 0 Å². The second-order valence-corrected chi connectivity index (χ2v) is 6.72. The van der Waals surface area contributed by atoms with Crippen molar-refractivity contribution in [3.63, 3.8) is 0 Å². The molecule has 0 bridgehead atoms. The summed E-state index contributed by atoms with van der Waals surface area (Å²) >= 11 is 0.